The smallest absolute Gasteiger partial charge is 0.255 e. The molecule has 0 fully saturated rings. The zero-order valence-corrected chi connectivity index (χ0v) is 13.0. The summed E-state index contributed by atoms with van der Waals surface area (Å²) in [7, 11) is 0. The number of nitriles is 1. The molecule has 19 heavy (non-hydrogen) atoms. The van der Waals surface area contributed by atoms with E-state index in [-0.39, 0.29) is 5.91 Å². The summed E-state index contributed by atoms with van der Waals surface area (Å²) in [6.45, 7) is 0.794. The number of carbonyl (C=O) groups is 1. The van der Waals surface area contributed by atoms with Gasteiger partial charge in [-0.05, 0) is 40.8 Å². The molecule has 0 aromatic carbocycles. The van der Waals surface area contributed by atoms with Crippen LogP contribution in [0.2, 0.25) is 0 Å². The molecule has 0 saturated carbocycles. The number of hydrogen-bond acceptors (Lipinski definition) is 4. The Morgan fingerprint density at radius 3 is 3.00 bits per heavy atom. The van der Waals surface area contributed by atoms with Gasteiger partial charge in [0, 0.05) is 11.9 Å². The standard InChI is InChI=1S/C13H11IN2O2S/c14-12-7-10(9-19-12)13(17)16(5-2-4-15)8-11-3-1-6-18-11/h1,3,6-7,9H,2,5,8H2. The molecule has 6 heteroatoms. The van der Waals surface area contributed by atoms with Crippen molar-refractivity contribution in [3.63, 3.8) is 0 Å². The van der Waals surface area contributed by atoms with Crippen molar-refractivity contribution in [2.75, 3.05) is 6.54 Å². The SMILES string of the molecule is N#CCCN(Cc1ccco1)C(=O)c1csc(I)c1. The average molecular weight is 386 g/mol. The van der Waals surface area contributed by atoms with E-state index in [1.54, 1.807) is 17.2 Å². The van der Waals surface area contributed by atoms with E-state index >= 15 is 0 Å². The van der Waals surface area contributed by atoms with Gasteiger partial charge < -0.3 is 9.32 Å². The first-order valence-electron chi connectivity index (χ1n) is 5.63. The third kappa shape index (κ3) is 3.81. The minimum Gasteiger partial charge on any atom is -0.467 e. The Bertz CT molecular complexity index is 586. The van der Waals surface area contributed by atoms with Crippen molar-refractivity contribution in [2.45, 2.75) is 13.0 Å². The molecule has 0 unspecified atom stereocenters. The summed E-state index contributed by atoms with van der Waals surface area (Å²) in [4.78, 5) is 14.0. The van der Waals surface area contributed by atoms with Crippen LogP contribution < -0.4 is 0 Å². The first kappa shape index (κ1) is 14.1. The second-order valence-corrected chi connectivity index (χ2v) is 6.66. The molecule has 2 heterocycles. The Morgan fingerprint density at radius 1 is 1.58 bits per heavy atom. The van der Waals surface area contributed by atoms with Crippen molar-refractivity contribution in [2.24, 2.45) is 0 Å². The predicted octanol–water partition coefficient (Wildman–Crippen LogP) is 3.50. The van der Waals surface area contributed by atoms with Crippen molar-refractivity contribution in [1.29, 1.82) is 5.26 Å². The van der Waals surface area contributed by atoms with Crippen molar-refractivity contribution in [3.05, 3.63) is 44.0 Å². The molecule has 98 valence electrons. The van der Waals surface area contributed by atoms with E-state index in [1.165, 1.54) is 11.3 Å². The lowest BCUT2D eigenvalue weighted by molar-refractivity contribution is 0.0736. The zero-order valence-electron chi connectivity index (χ0n) is 10.0. The Morgan fingerprint density at radius 2 is 2.42 bits per heavy atom. The third-order valence-corrected chi connectivity index (χ3v) is 4.31. The van der Waals surface area contributed by atoms with Crippen LogP contribution in [0.4, 0.5) is 0 Å². The first-order valence-corrected chi connectivity index (χ1v) is 7.59. The van der Waals surface area contributed by atoms with Gasteiger partial charge in [0.1, 0.15) is 5.76 Å². The summed E-state index contributed by atoms with van der Waals surface area (Å²) in [5.74, 6) is 0.655. The second-order valence-electron chi connectivity index (χ2n) is 3.85. The minimum absolute atomic E-state index is 0.0641. The topological polar surface area (TPSA) is 57.2 Å². The maximum atomic E-state index is 12.4. The molecule has 0 bridgehead atoms. The fourth-order valence-electron chi connectivity index (χ4n) is 1.63. The molecule has 2 aromatic rings. The summed E-state index contributed by atoms with van der Waals surface area (Å²) in [6, 6.07) is 7.53. The van der Waals surface area contributed by atoms with E-state index in [1.807, 2.05) is 17.5 Å². The number of carbonyl (C=O) groups excluding carboxylic acids is 1. The van der Waals surface area contributed by atoms with Gasteiger partial charge in [-0.3, -0.25) is 4.79 Å². The van der Waals surface area contributed by atoms with E-state index in [4.69, 9.17) is 9.68 Å². The van der Waals surface area contributed by atoms with Crippen LogP contribution in [-0.2, 0) is 6.54 Å². The van der Waals surface area contributed by atoms with E-state index < -0.39 is 0 Å². The summed E-state index contributed by atoms with van der Waals surface area (Å²) in [5, 5.41) is 10.5. The fraction of sp³-hybridized carbons (Fsp3) is 0.231. The number of amides is 1. The molecule has 2 rings (SSSR count). The molecule has 0 spiro atoms. The number of furan rings is 1. The first-order chi connectivity index (χ1) is 9.20. The van der Waals surface area contributed by atoms with Crippen LogP contribution in [0.3, 0.4) is 0 Å². The molecule has 4 nitrogen and oxygen atoms in total. The van der Waals surface area contributed by atoms with Gasteiger partial charge in [0.15, 0.2) is 0 Å². The molecule has 2 aromatic heterocycles. The number of nitrogens with zero attached hydrogens (tertiary/aromatic N) is 2. The maximum Gasteiger partial charge on any atom is 0.255 e. The van der Waals surface area contributed by atoms with Crippen molar-refractivity contribution in [3.8, 4) is 6.07 Å². The van der Waals surface area contributed by atoms with E-state index in [2.05, 4.69) is 28.7 Å². The number of rotatable bonds is 5. The van der Waals surface area contributed by atoms with Crippen molar-refractivity contribution in [1.82, 2.24) is 4.90 Å². The highest BCUT2D eigenvalue weighted by Crippen LogP contribution is 2.19. The largest absolute Gasteiger partial charge is 0.467 e. The fourth-order valence-corrected chi connectivity index (χ4v) is 2.95. The van der Waals surface area contributed by atoms with Crippen LogP contribution in [0, 0.1) is 14.2 Å². The Labute approximate surface area is 128 Å². The summed E-state index contributed by atoms with van der Waals surface area (Å²) in [6.07, 6.45) is 1.89. The lowest BCUT2D eigenvalue weighted by atomic mass is 10.2. The molecular weight excluding hydrogens is 375 g/mol. The Balaban J connectivity index is 2.12. The number of thiophene rings is 1. The van der Waals surface area contributed by atoms with E-state index in [0.717, 1.165) is 8.64 Å². The van der Waals surface area contributed by atoms with Crippen LogP contribution in [0.15, 0.2) is 34.3 Å². The van der Waals surface area contributed by atoms with Crippen LogP contribution >= 0.6 is 33.9 Å². The van der Waals surface area contributed by atoms with Gasteiger partial charge in [-0.2, -0.15) is 5.26 Å². The van der Waals surface area contributed by atoms with Crippen LogP contribution in [0.5, 0.6) is 0 Å². The molecule has 0 atom stereocenters. The molecule has 0 saturated heterocycles. The third-order valence-electron chi connectivity index (χ3n) is 2.52. The normalized spacial score (nSPS) is 10.1. The van der Waals surface area contributed by atoms with Gasteiger partial charge in [-0.15, -0.1) is 11.3 Å². The van der Waals surface area contributed by atoms with Gasteiger partial charge in [0.25, 0.3) is 5.91 Å². The molecule has 0 aliphatic rings. The quantitative estimate of drug-likeness (QED) is 0.740. The highest BCUT2D eigenvalue weighted by Gasteiger charge is 2.18. The lowest BCUT2D eigenvalue weighted by Crippen LogP contribution is -2.31. The van der Waals surface area contributed by atoms with Crippen molar-refractivity contribution < 1.29 is 9.21 Å². The monoisotopic (exact) mass is 386 g/mol. The molecule has 1 amide bonds. The van der Waals surface area contributed by atoms with Gasteiger partial charge in [0.2, 0.25) is 0 Å². The van der Waals surface area contributed by atoms with Crippen molar-refractivity contribution >= 4 is 39.8 Å². The van der Waals surface area contributed by atoms with Crippen LogP contribution in [0.1, 0.15) is 22.5 Å². The lowest BCUT2D eigenvalue weighted by Gasteiger charge is -2.19. The average Bonchev–Trinajstić information content (AvgIpc) is 3.05. The highest BCUT2D eigenvalue weighted by atomic mass is 127. The Hall–Kier alpha value is -1.33. The number of hydrogen-bond donors (Lipinski definition) is 0. The second kappa shape index (κ2) is 6.73. The van der Waals surface area contributed by atoms with Crippen LogP contribution in [0.25, 0.3) is 0 Å². The zero-order chi connectivity index (χ0) is 13.7. The highest BCUT2D eigenvalue weighted by molar-refractivity contribution is 14.1. The number of halogens is 1. The molecule has 0 radical (unpaired) electrons. The maximum absolute atomic E-state index is 12.4. The van der Waals surface area contributed by atoms with E-state index in [9.17, 15) is 4.79 Å². The molecule has 0 aliphatic heterocycles. The minimum atomic E-state index is -0.0641. The summed E-state index contributed by atoms with van der Waals surface area (Å²) < 4.78 is 6.33. The van der Waals surface area contributed by atoms with Gasteiger partial charge in [-0.1, -0.05) is 0 Å². The van der Waals surface area contributed by atoms with Gasteiger partial charge in [-0.25, -0.2) is 0 Å². The predicted molar refractivity (Wildman–Crippen MR) is 80.7 cm³/mol. The van der Waals surface area contributed by atoms with Crippen LogP contribution in [-0.4, -0.2) is 17.4 Å². The van der Waals surface area contributed by atoms with E-state index in [0.29, 0.717) is 25.1 Å². The van der Waals surface area contributed by atoms with Gasteiger partial charge >= 0.3 is 0 Å². The molecule has 0 aliphatic carbocycles. The molecular formula is C13H11IN2O2S. The molecule has 0 N–H and O–H groups in total. The van der Waals surface area contributed by atoms with Gasteiger partial charge in [0.05, 0.1) is 33.7 Å². The summed E-state index contributed by atoms with van der Waals surface area (Å²) in [5.41, 5.74) is 0.666. The Kier molecular flexibility index (Phi) is 4.99. The summed E-state index contributed by atoms with van der Waals surface area (Å²) >= 11 is 3.72.